The predicted molar refractivity (Wildman–Crippen MR) is 90.3 cm³/mol. The lowest BCUT2D eigenvalue weighted by Gasteiger charge is -2.44. The van der Waals surface area contributed by atoms with Gasteiger partial charge < -0.3 is 10.0 Å². The summed E-state index contributed by atoms with van der Waals surface area (Å²) in [6, 6.07) is 8.86. The van der Waals surface area contributed by atoms with Gasteiger partial charge in [0, 0.05) is 17.1 Å². The van der Waals surface area contributed by atoms with Crippen LogP contribution in [0.15, 0.2) is 28.7 Å². The van der Waals surface area contributed by atoms with Crippen LogP contribution in [0.3, 0.4) is 0 Å². The molecule has 2 nitrogen and oxygen atoms in total. The van der Waals surface area contributed by atoms with Crippen LogP contribution in [0.5, 0.6) is 0 Å². The molecular formula is C18H26BrNO. The number of piperidine rings is 1. The zero-order valence-electron chi connectivity index (χ0n) is 12.7. The summed E-state index contributed by atoms with van der Waals surface area (Å²) < 4.78 is 1.07. The molecule has 3 unspecified atom stereocenters. The number of hydrogen-bond acceptors (Lipinski definition) is 2. The van der Waals surface area contributed by atoms with Crippen LogP contribution in [-0.2, 0) is 0 Å². The Morgan fingerprint density at radius 2 is 1.81 bits per heavy atom. The van der Waals surface area contributed by atoms with Gasteiger partial charge in [-0.2, -0.15) is 0 Å². The minimum atomic E-state index is -0.331. The summed E-state index contributed by atoms with van der Waals surface area (Å²) in [5.74, 6) is 0.928. The van der Waals surface area contributed by atoms with Gasteiger partial charge in [-0.15, -0.1) is 0 Å². The number of aliphatic hydroxyl groups excluding tert-OH is 1. The van der Waals surface area contributed by atoms with Crippen molar-refractivity contribution in [2.24, 2.45) is 5.92 Å². The number of fused-ring (bicyclic) bond motifs is 1. The van der Waals surface area contributed by atoms with Crippen LogP contribution in [0.25, 0.3) is 0 Å². The van der Waals surface area contributed by atoms with Crippen LogP contribution in [0, 0.1) is 5.92 Å². The highest BCUT2D eigenvalue weighted by molar-refractivity contribution is 9.10. The lowest BCUT2D eigenvalue weighted by atomic mass is 9.78. The van der Waals surface area contributed by atoms with Crippen molar-refractivity contribution in [3.05, 3.63) is 34.3 Å². The molecule has 0 bridgehead atoms. The first-order chi connectivity index (χ1) is 10.2. The molecule has 1 aliphatic heterocycles. The van der Waals surface area contributed by atoms with Crippen molar-refractivity contribution in [3.63, 3.8) is 0 Å². The normalized spacial score (nSPS) is 28.1. The monoisotopic (exact) mass is 351 g/mol. The third-order valence-electron chi connectivity index (χ3n) is 5.30. The summed E-state index contributed by atoms with van der Waals surface area (Å²) in [7, 11) is 0. The van der Waals surface area contributed by atoms with Gasteiger partial charge in [0.1, 0.15) is 0 Å². The average Bonchev–Trinajstić information content (AvgIpc) is 2.53. The van der Waals surface area contributed by atoms with Crippen LogP contribution in [-0.4, -0.2) is 29.1 Å². The summed E-state index contributed by atoms with van der Waals surface area (Å²) in [4.78, 5) is 2.66. The molecule has 1 aromatic carbocycles. The van der Waals surface area contributed by atoms with Gasteiger partial charge in [0.25, 0.3) is 0 Å². The summed E-state index contributed by atoms with van der Waals surface area (Å²) in [6.45, 7) is 2.27. The maximum absolute atomic E-state index is 10.4. The molecule has 0 amide bonds. The summed E-state index contributed by atoms with van der Waals surface area (Å²) in [6.07, 6.45) is 8.91. The molecule has 3 heteroatoms. The maximum atomic E-state index is 10.4. The summed E-state index contributed by atoms with van der Waals surface area (Å²) >= 11 is 3.44. The van der Waals surface area contributed by atoms with Crippen molar-refractivity contribution < 1.29 is 5.11 Å². The van der Waals surface area contributed by atoms with Crippen molar-refractivity contribution in [2.45, 2.75) is 57.1 Å². The SMILES string of the molecule is OC(CCN1CCCC2CCCCC21)c1ccc(Br)cc1. The fourth-order valence-electron chi connectivity index (χ4n) is 4.15. The van der Waals surface area contributed by atoms with E-state index in [1.165, 1.54) is 45.1 Å². The first-order valence-electron chi connectivity index (χ1n) is 8.41. The number of hydrogen-bond donors (Lipinski definition) is 1. The molecule has 0 radical (unpaired) electrons. The molecule has 1 heterocycles. The van der Waals surface area contributed by atoms with Crippen LogP contribution >= 0.6 is 15.9 Å². The van der Waals surface area contributed by atoms with E-state index in [0.29, 0.717) is 0 Å². The molecule has 2 aliphatic rings. The van der Waals surface area contributed by atoms with Crippen molar-refractivity contribution >= 4 is 15.9 Å². The number of halogens is 1. The van der Waals surface area contributed by atoms with Gasteiger partial charge in [0.05, 0.1) is 6.10 Å². The van der Waals surface area contributed by atoms with E-state index in [-0.39, 0.29) is 6.10 Å². The van der Waals surface area contributed by atoms with Gasteiger partial charge in [0.2, 0.25) is 0 Å². The number of rotatable bonds is 4. The Labute approximate surface area is 136 Å². The Morgan fingerprint density at radius 1 is 1.10 bits per heavy atom. The Hall–Kier alpha value is -0.380. The third kappa shape index (κ3) is 3.88. The molecule has 1 saturated carbocycles. The molecule has 1 saturated heterocycles. The fourth-order valence-corrected chi connectivity index (χ4v) is 4.41. The first-order valence-corrected chi connectivity index (χ1v) is 9.21. The van der Waals surface area contributed by atoms with Crippen molar-refractivity contribution in [1.29, 1.82) is 0 Å². The van der Waals surface area contributed by atoms with E-state index in [4.69, 9.17) is 0 Å². The van der Waals surface area contributed by atoms with E-state index in [0.717, 1.165) is 35.0 Å². The van der Waals surface area contributed by atoms with Crippen molar-refractivity contribution in [1.82, 2.24) is 4.90 Å². The zero-order valence-corrected chi connectivity index (χ0v) is 14.3. The fraction of sp³-hybridized carbons (Fsp3) is 0.667. The predicted octanol–water partition coefficient (Wildman–Crippen LogP) is 4.53. The molecule has 2 fully saturated rings. The minimum Gasteiger partial charge on any atom is -0.388 e. The Kier molecular flexibility index (Phi) is 5.36. The highest BCUT2D eigenvalue weighted by Crippen LogP contribution is 2.35. The summed E-state index contributed by atoms with van der Waals surface area (Å²) in [5.41, 5.74) is 1.04. The number of aliphatic hydroxyl groups is 1. The Balaban J connectivity index is 1.55. The molecule has 116 valence electrons. The van der Waals surface area contributed by atoms with Gasteiger partial charge in [-0.1, -0.05) is 40.9 Å². The van der Waals surface area contributed by atoms with Gasteiger partial charge in [-0.3, -0.25) is 0 Å². The van der Waals surface area contributed by atoms with Crippen molar-refractivity contribution in [2.75, 3.05) is 13.1 Å². The van der Waals surface area contributed by atoms with Crippen LogP contribution < -0.4 is 0 Å². The smallest absolute Gasteiger partial charge is 0.0802 e. The highest BCUT2D eigenvalue weighted by Gasteiger charge is 2.32. The third-order valence-corrected chi connectivity index (χ3v) is 5.83. The van der Waals surface area contributed by atoms with Crippen LogP contribution in [0.2, 0.25) is 0 Å². The van der Waals surface area contributed by atoms with Gasteiger partial charge >= 0.3 is 0 Å². The first kappa shape index (κ1) is 15.5. The van der Waals surface area contributed by atoms with E-state index >= 15 is 0 Å². The van der Waals surface area contributed by atoms with E-state index in [1.54, 1.807) is 0 Å². The standard InChI is InChI=1S/C18H26BrNO/c19-16-9-7-15(8-10-16)18(21)11-13-20-12-3-5-14-4-1-2-6-17(14)20/h7-10,14,17-18,21H,1-6,11-13H2. The Morgan fingerprint density at radius 3 is 2.62 bits per heavy atom. The molecule has 1 N–H and O–H groups in total. The molecule has 1 aromatic rings. The molecule has 3 rings (SSSR count). The lowest BCUT2D eigenvalue weighted by Crippen LogP contribution is -2.47. The lowest BCUT2D eigenvalue weighted by molar-refractivity contribution is 0.0456. The molecule has 21 heavy (non-hydrogen) atoms. The molecule has 0 aromatic heterocycles. The second-order valence-corrected chi connectivity index (χ2v) is 7.56. The van der Waals surface area contributed by atoms with Crippen LogP contribution in [0.1, 0.15) is 56.6 Å². The molecule has 0 spiro atoms. The van der Waals surface area contributed by atoms with E-state index < -0.39 is 0 Å². The number of benzene rings is 1. The van der Waals surface area contributed by atoms with Crippen LogP contribution in [0.4, 0.5) is 0 Å². The number of likely N-dealkylation sites (tertiary alicyclic amines) is 1. The second kappa shape index (κ2) is 7.26. The largest absolute Gasteiger partial charge is 0.388 e. The quantitative estimate of drug-likeness (QED) is 0.861. The maximum Gasteiger partial charge on any atom is 0.0802 e. The topological polar surface area (TPSA) is 23.5 Å². The highest BCUT2D eigenvalue weighted by atomic mass is 79.9. The van der Waals surface area contributed by atoms with Crippen molar-refractivity contribution in [3.8, 4) is 0 Å². The minimum absolute atomic E-state index is 0.331. The van der Waals surface area contributed by atoms with E-state index in [1.807, 2.05) is 24.3 Å². The molecule has 1 aliphatic carbocycles. The zero-order chi connectivity index (χ0) is 14.7. The van der Waals surface area contributed by atoms with E-state index in [2.05, 4.69) is 20.8 Å². The molecule has 3 atom stereocenters. The van der Waals surface area contributed by atoms with Gasteiger partial charge in [-0.25, -0.2) is 0 Å². The van der Waals surface area contributed by atoms with E-state index in [9.17, 15) is 5.11 Å². The van der Waals surface area contributed by atoms with Gasteiger partial charge in [0.15, 0.2) is 0 Å². The second-order valence-electron chi connectivity index (χ2n) is 6.65. The average molecular weight is 352 g/mol. The Bertz CT molecular complexity index is 445. The van der Waals surface area contributed by atoms with Gasteiger partial charge in [-0.05, 0) is 62.3 Å². The number of nitrogens with zero attached hydrogens (tertiary/aromatic N) is 1. The molecular weight excluding hydrogens is 326 g/mol. The summed E-state index contributed by atoms with van der Waals surface area (Å²) in [5, 5.41) is 10.4.